The normalized spacial score (nSPS) is 12.5. The number of nitrogens with two attached hydrogens (primary N) is 1. The maximum absolute atomic E-state index is 5.84. The lowest BCUT2D eigenvalue weighted by Gasteiger charge is -2.15. The average molecular weight is 265 g/mol. The van der Waals surface area contributed by atoms with Crippen LogP contribution in [0.15, 0.2) is 12.1 Å². The molecule has 0 aliphatic carbocycles. The molecule has 0 saturated carbocycles. The van der Waals surface area contributed by atoms with Crippen molar-refractivity contribution >= 4 is 0 Å². The minimum atomic E-state index is 0.188. The predicted molar refractivity (Wildman–Crippen MR) is 79.9 cm³/mol. The second-order valence-corrected chi connectivity index (χ2v) is 5.20. The van der Waals surface area contributed by atoms with Crippen molar-refractivity contribution in [1.29, 1.82) is 0 Å². The maximum atomic E-state index is 5.84. The van der Waals surface area contributed by atoms with E-state index in [1.807, 2.05) is 6.92 Å². The van der Waals surface area contributed by atoms with Crippen LogP contribution in [0.2, 0.25) is 0 Å². The highest BCUT2D eigenvalue weighted by atomic mass is 16.5. The summed E-state index contributed by atoms with van der Waals surface area (Å²) < 4.78 is 11.2. The standard InChI is InChI=1S/C16H27NO2/c1-5-6-18-7-8-19-16-12(2)9-15(10-13(16)3)11-14(4)17/h9-10,14H,5-8,11,17H2,1-4H3. The molecule has 0 spiro atoms. The third kappa shape index (κ3) is 5.62. The van der Waals surface area contributed by atoms with Gasteiger partial charge in [-0.2, -0.15) is 0 Å². The van der Waals surface area contributed by atoms with Gasteiger partial charge in [0.2, 0.25) is 0 Å². The SMILES string of the molecule is CCCOCCOc1c(C)cc(CC(C)N)cc1C. The lowest BCUT2D eigenvalue weighted by Crippen LogP contribution is -2.18. The summed E-state index contributed by atoms with van der Waals surface area (Å²) in [7, 11) is 0. The van der Waals surface area contributed by atoms with Crippen LogP contribution in [0.3, 0.4) is 0 Å². The summed E-state index contributed by atoms with van der Waals surface area (Å²) in [5.74, 6) is 0.980. The first-order valence-corrected chi connectivity index (χ1v) is 7.10. The van der Waals surface area contributed by atoms with Crippen LogP contribution < -0.4 is 10.5 Å². The Bertz CT molecular complexity index is 365. The summed E-state index contributed by atoms with van der Waals surface area (Å²) in [4.78, 5) is 0. The molecule has 1 rings (SSSR count). The maximum Gasteiger partial charge on any atom is 0.125 e. The molecular weight excluding hydrogens is 238 g/mol. The zero-order valence-corrected chi connectivity index (χ0v) is 12.7. The highest BCUT2D eigenvalue weighted by molar-refractivity contribution is 5.43. The predicted octanol–water partition coefficient (Wildman–Crippen LogP) is 3.00. The van der Waals surface area contributed by atoms with Gasteiger partial charge < -0.3 is 15.2 Å². The van der Waals surface area contributed by atoms with Gasteiger partial charge in [0.1, 0.15) is 12.4 Å². The Morgan fingerprint density at radius 3 is 2.26 bits per heavy atom. The lowest BCUT2D eigenvalue weighted by molar-refractivity contribution is 0.100. The Morgan fingerprint density at radius 2 is 1.74 bits per heavy atom. The van der Waals surface area contributed by atoms with Crippen LogP contribution in [0, 0.1) is 13.8 Å². The molecule has 3 nitrogen and oxygen atoms in total. The first kappa shape index (κ1) is 16.0. The molecule has 0 fully saturated rings. The number of hydrogen-bond donors (Lipinski definition) is 1. The van der Waals surface area contributed by atoms with Crippen molar-refractivity contribution in [2.45, 2.75) is 46.6 Å². The smallest absolute Gasteiger partial charge is 0.125 e. The summed E-state index contributed by atoms with van der Waals surface area (Å²) in [5, 5.41) is 0. The second kappa shape index (κ2) is 8.18. The number of hydrogen-bond acceptors (Lipinski definition) is 3. The summed E-state index contributed by atoms with van der Waals surface area (Å²) in [6.07, 6.45) is 1.95. The molecule has 0 aliphatic rings. The summed E-state index contributed by atoms with van der Waals surface area (Å²) >= 11 is 0. The van der Waals surface area contributed by atoms with E-state index in [1.54, 1.807) is 0 Å². The third-order valence-corrected chi connectivity index (χ3v) is 2.90. The zero-order chi connectivity index (χ0) is 14.3. The van der Waals surface area contributed by atoms with E-state index in [0.717, 1.165) is 25.2 Å². The van der Waals surface area contributed by atoms with Crippen LogP contribution in [0.25, 0.3) is 0 Å². The molecule has 0 amide bonds. The van der Waals surface area contributed by atoms with Gasteiger partial charge in [-0.05, 0) is 50.3 Å². The monoisotopic (exact) mass is 265 g/mol. The molecule has 3 heteroatoms. The van der Waals surface area contributed by atoms with Gasteiger partial charge in [0, 0.05) is 12.6 Å². The Hall–Kier alpha value is -1.06. The first-order chi connectivity index (χ1) is 9.04. The van der Waals surface area contributed by atoms with Crippen molar-refractivity contribution in [2.24, 2.45) is 5.73 Å². The van der Waals surface area contributed by atoms with E-state index in [1.165, 1.54) is 16.7 Å². The van der Waals surface area contributed by atoms with E-state index in [2.05, 4.69) is 32.9 Å². The highest BCUT2D eigenvalue weighted by Crippen LogP contribution is 2.25. The minimum absolute atomic E-state index is 0.188. The molecule has 0 aliphatic heterocycles. The van der Waals surface area contributed by atoms with E-state index < -0.39 is 0 Å². The first-order valence-electron chi connectivity index (χ1n) is 7.10. The fraction of sp³-hybridized carbons (Fsp3) is 0.625. The molecular formula is C16H27NO2. The molecule has 1 unspecified atom stereocenters. The number of rotatable bonds is 8. The van der Waals surface area contributed by atoms with Crippen molar-refractivity contribution in [1.82, 2.24) is 0 Å². The van der Waals surface area contributed by atoms with Crippen LogP contribution in [0.5, 0.6) is 5.75 Å². The molecule has 0 saturated heterocycles. The van der Waals surface area contributed by atoms with E-state index in [0.29, 0.717) is 13.2 Å². The molecule has 1 atom stereocenters. The van der Waals surface area contributed by atoms with Gasteiger partial charge in [-0.1, -0.05) is 19.1 Å². The largest absolute Gasteiger partial charge is 0.491 e. The lowest BCUT2D eigenvalue weighted by atomic mass is 10.0. The van der Waals surface area contributed by atoms with Gasteiger partial charge in [0.05, 0.1) is 6.61 Å². The van der Waals surface area contributed by atoms with E-state index in [9.17, 15) is 0 Å². The van der Waals surface area contributed by atoms with Crippen molar-refractivity contribution in [2.75, 3.05) is 19.8 Å². The second-order valence-electron chi connectivity index (χ2n) is 5.20. The Morgan fingerprint density at radius 1 is 1.11 bits per heavy atom. The molecule has 0 radical (unpaired) electrons. The van der Waals surface area contributed by atoms with Crippen LogP contribution in [0.4, 0.5) is 0 Å². The Labute approximate surface area is 117 Å². The van der Waals surface area contributed by atoms with Crippen molar-refractivity contribution in [3.05, 3.63) is 28.8 Å². The zero-order valence-electron chi connectivity index (χ0n) is 12.7. The molecule has 0 aromatic heterocycles. The minimum Gasteiger partial charge on any atom is -0.491 e. The molecule has 1 aromatic carbocycles. The molecule has 0 heterocycles. The highest BCUT2D eigenvalue weighted by Gasteiger charge is 2.07. The summed E-state index contributed by atoms with van der Waals surface area (Å²) in [5.41, 5.74) is 9.46. The molecule has 19 heavy (non-hydrogen) atoms. The quantitative estimate of drug-likeness (QED) is 0.735. The van der Waals surface area contributed by atoms with Gasteiger partial charge in [-0.25, -0.2) is 0 Å². The van der Waals surface area contributed by atoms with Crippen molar-refractivity contribution < 1.29 is 9.47 Å². The Balaban J connectivity index is 2.59. The fourth-order valence-electron chi connectivity index (χ4n) is 2.21. The van der Waals surface area contributed by atoms with Gasteiger partial charge in [0.25, 0.3) is 0 Å². The summed E-state index contributed by atoms with van der Waals surface area (Å²) in [6.45, 7) is 10.4. The van der Waals surface area contributed by atoms with Crippen LogP contribution in [-0.2, 0) is 11.2 Å². The van der Waals surface area contributed by atoms with Gasteiger partial charge >= 0.3 is 0 Å². The average Bonchev–Trinajstić information content (AvgIpc) is 2.31. The molecule has 1 aromatic rings. The Kier molecular flexibility index (Phi) is 6.89. The molecule has 2 N–H and O–H groups in total. The van der Waals surface area contributed by atoms with Gasteiger partial charge in [-0.15, -0.1) is 0 Å². The number of benzene rings is 1. The van der Waals surface area contributed by atoms with Crippen LogP contribution >= 0.6 is 0 Å². The fourth-order valence-corrected chi connectivity index (χ4v) is 2.21. The van der Waals surface area contributed by atoms with Gasteiger partial charge in [-0.3, -0.25) is 0 Å². The van der Waals surface area contributed by atoms with Crippen LogP contribution in [0.1, 0.15) is 37.0 Å². The third-order valence-electron chi connectivity index (χ3n) is 2.90. The molecule has 0 bridgehead atoms. The molecule has 108 valence electrons. The van der Waals surface area contributed by atoms with E-state index in [4.69, 9.17) is 15.2 Å². The number of aryl methyl sites for hydroxylation is 2. The summed E-state index contributed by atoms with van der Waals surface area (Å²) in [6, 6.07) is 4.52. The number of ether oxygens (including phenoxy) is 2. The van der Waals surface area contributed by atoms with E-state index >= 15 is 0 Å². The van der Waals surface area contributed by atoms with Crippen molar-refractivity contribution in [3.8, 4) is 5.75 Å². The topological polar surface area (TPSA) is 44.5 Å². The van der Waals surface area contributed by atoms with Crippen molar-refractivity contribution in [3.63, 3.8) is 0 Å². The van der Waals surface area contributed by atoms with Gasteiger partial charge in [0.15, 0.2) is 0 Å². The van der Waals surface area contributed by atoms with Crippen LogP contribution in [-0.4, -0.2) is 25.9 Å². The van der Waals surface area contributed by atoms with E-state index in [-0.39, 0.29) is 6.04 Å².